The van der Waals surface area contributed by atoms with E-state index in [-0.39, 0.29) is 42.3 Å². The summed E-state index contributed by atoms with van der Waals surface area (Å²) in [5.41, 5.74) is 0. The number of fused-ring (bicyclic) bond motifs is 2. The third-order valence-electron chi connectivity index (χ3n) is 6.71. The van der Waals surface area contributed by atoms with Gasteiger partial charge in [-0.1, -0.05) is 6.92 Å². The number of piperazine rings is 1. The molecule has 0 spiro atoms. The Labute approximate surface area is 171 Å². The van der Waals surface area contributed by atoms with E-state index in [0.717, 1.165) is 38.1 Å². The first kappa shape index (κ1) is 19.8. The number of rotatable bonds is 4. The number of aromatic nitrogens is 3. The first-order chi connectivity index (χ1) is 14.0. The molecule has 1 aromatic heterocycles. The molecule has 3 aliphatic heterocycles. The summed E-state index contributed by atoms with van der Waals surface area (Å²) in [7, 11) is 1.80. The molecular formula is C20H30N6O3. The highest BCUT2D eigenvalue weighted by atomic mass is 16.2. The van der Waals surface area contributed by atoms with Crippen LogP contribution in [0.1, 0.15) is 56.0 Å². The average molecular weight is 402 g/mol. The summed E-state index contributed by atoms with van der Waals surface area (Å²) < 4.78 is 1.90. The van der Waals surface area contributed by atoms with Crippen LogP contribution in [0, 0.1) is 5.92 Å². The third-order valence-corrected chi connectivity index (χ3v) is 6.71. The van der Waals surface area contributed by atoms with Gasteiger partial charge in [0.1, 0.15) is 12.4 Å². The van der Waals surface area contributed by atoms with Crippen molar-refractivity contribution in [2.75, 3.05) is 26.7 Å². The molecule has 0 radical (unpaired) electrons. The molecule has 0 aromatic carbocycles. The van der Waals surface area contributed by atoms with E-state index in [1.807, 2.05) is 23.3 Å². The normalized spacial score (nSPS) is 26.3. The molecule has 0 bridgehead atoms. The summed E-state index contributed by atoms with van der Waals surface area (Å²) in [5, 5.41) is 8.30. The van der Waals surface area contributed by atoms with Crippen LogP contribution in [-0.2, 0) is 22.6 Å². The Kier molecular flexibility index (Phi) is 5.31. The van der Waals surface area contributed by atoms with E-state index in [0.29, 0.717) is 25.3 Å². The number of hydrogen-bond acceptors (Lipinski definition) is 5. The maximum Gasteiger partial charge on any atom is 0.292 e. The molecule has 0 aliphatic carbocycles. The van der Waals surface area contributed by atoms with E-state index >= 15 is 0 Å². The minimum atomic E-state index is -0.229. The van der Waals surface area contributed by atoms with E-state index in [9.17, 15) is 14.4 Å². The molecule has 0 saturated carbocycles. The lowest BCUT2D eigenvalue weighted by atomic mass is 9.95. The second kappa shape index (κ2) is 7.76. The van der Waals surface area contributed by atoms with Crippen molar-refractivity contribution in [2.45, 2.75) is 64.6 Å². The number of carbonyl (C=O) groups is 3. The molecule has 9 nitrogen and oxygen atoms in total. The maximum absolute atomic E-state index is 13.1. The summed E-state index contributed by atoms with van der Waals surface area (Å²) >= 11 is 0. The number of amides is 3. The Morgan fingerprint density at radius 1 is 1.21 bits per heavy atom. The fourth-order valence-corrected chi connectivity index (χ4v) is 5.09. The van der Waals surface area contributed by atoms with Crippen LogP contribution in [0.5, 0.6) is 0 Å². The highest BCUT2D eigenvalue weighted by Crippen LogP contribution is 2.36. The summed E-state index contributed by atoms with van der Waals surface area (Å²) in [4.78, 5) is 44.2. The largest absolute Gasteiger partial charge is 0.346 e. The van der Waals surface area contributed by atoms with Crippen molar-refractivity contribution in [3.63, 3.8) is 0 Å². The second-order valence-corrected chi connectivity index (χ2v) is 8.36. The van der Waals surface area contributed by atoms with E-state index in [4.69, 9.17) is 0 Å². The van der Waals surface area contributed by atoms with Gasteiger partial charge in [0.25, 0.3) is 5.91 Å². The molecule has 3 aliphatic rings. The third kappa shape index (κ3) is 3.30. The van der Waals surface area contributed by atoms with Gasteiger partial charge < -0.3 is 19.3 Å². The van der Waals surface area contributed by atoms with Gasteiger partial charge in [-0.25, -0.2) is 0 Å². The lowest BCUT2D eigenvalue weighted by molar-refractivity contribution is -0.140. The predicted molar refractivity (Wildman–Crippen MR) is 105 cm³/mol. The Balaban J connectivity index is 1.54. The predicted octanol–water partition coefficient (Wildman–Crippen LogP) is 0.544. The van der Waals surface area contributed by atoms with Crippen molar-refractivity contribution in [2.24, 2.45) is 5.92 Å². The van der Waals surface area contributed by atoms with Crippen LogP contribution in [0.25, 0.3) is 0 Å². The molecule has 2 fully saturated rings. The van der Waals surface area contributed by atoms with Crippen molar-refractivity contribution >= 4 is 17.7 Å². The molecule has 0 unspecified atom stereocenters. The van der Waals surface area contributed by atoms with Crippen LogP contribution in [0.3, 0.4) is 0 Å². The molecule has 1 aromatic rings. The van der Waals surface area contributed by atoms with Crippen molar-refractivity contribution < 1.29 is 14.4 Å². The van der Waals surface area contributed by atoms with Gasteiger partial charge in [0.15, 0.2) is 0 Å². The lowest BCUT2D eigenvalue weighted by Crippen LogP contribution is -2.58. The smallest absolute Gasteiger partial charge is 0.292 e. The molecule has 158 valence electrons. The fraction of sp³-hybridized carbons (Fsp3) is 0.750. The maximum atomic E-state index is 13.1. The Hall–Kier alpha value is -2.45. The number of nitrogens with zero attached hydrogens (tertiary/aromatic N) is 6. The highest BCUT2D eigenvalue weighted by Gasteiger charge is 2.50. The van der Waals surface area contributed by atoms with Crippen molar-refractivity contribution in [1.82, 2.24) is 29.5 Å². The second-order valence-electron chi connectivity index (χ2n) is 8.36. The molecule has 9 heteroatoms. The highest BCUT2D eigenvalue weighted by molar-refractivity contribution is 5.95. The zero-order valence-corrected chi connectivity index (χ0v) is 17.5. The molecular weight excluding hydrogens is 372 g/mol. The molecule has 29 heavy (non-hydrogen) atoms. The van der Waals surface area contributed by atoms with Crippen molar-refractivity contribution in [3.05, 3.63) is 11.6 Å². The van der Waals surface area contributed by atoms with Crippen LogP contribution in [-0.4, -0.2) is 86.0 Å². The number of hydrogen-bond donors (Lipinski definition) is 0. The zero-order chi connectivity index (χ0) is 20.7. The topological polar surface area (TPSA) is 91.6 Å². The van der Waals surface area contributed by atoms with E-state index in [1.165, 1.54) is 0 Å². The van der Waals surface area contributed by atoms with Gasteiger partial charge in [-0.15, -0.1) is 10.2 Å². The van der Waals surface area contributed by atoms with Gasteiger partial charge in [0, 0.05) is 39.1 Å². The van der Waals surface area contributed by atoms with Crippen LogP contribution in [0.4, 0.5) is 0 Å². The SMILES string of the molecule is CC[C@H]1[C@@H](C(=O)N(C)CC)C[C@H]2CN(C(=O)c3nnc4n3CCCC4)CC(=O)N21. The summed E-state index contributed by atoms with van der Waals surface area (Å²) in [5.74, 6) is 0.774. The van der Waals surface area contributed by atoms with Crippen molar-refractivity contribution in [1.29, 1.82) is 0 Å². The zero-order valence-electron chi connectivity index (χ0n) is 17.5. The van der Waals surface area contributed by atoms with E-state index in [2.05, 4.69) is 10.2 Å². The summed E-state index contributed by atoms with van der Waals surface area (Å²) in [6, 6.07) is -0.208. The van der Waals surface area contributed by atoms with E-state index < -0.39 is 0 Å². The molecule has 2 saturated heterocycles. The Bertz CT molecular complexity index is 821. The summed E-state index contributed by atoms with van der Waals surface area (Å²) in [6.07, 6.45) is 4.25. The molecule has 0 N–H and O–H groups in total. The Morgan fingerprint density at radius 2 is 2.00 bits per heavy atom. The van der Waals surface area contributed by atoms with Crippen LogP contribution in [0.15, 0.2) is 0 Å². The van der Waals surface area contributed by atoms with Crippen LogP contribution >= 0.6 is 0 Å². The van der Waals surface area contributed by atoms with Crippen LogP contribution < -0.4 is 0 Å². The average Bonchev–Trinajstić information content (AvgIpc) is 3.33. The first-order valence-electron chi connectivity index (χ1n) is 10.7. The van der Waals surface area contributed by atoms with E-state index in [1.54, 1.807) is 16.8 Å². The quantitative estimate of drug-likeness (QED) is 0.733. The first-order valence-corrected chi connectivity index (χ1v) is 10.7. The number of carbonyl (C=O) groups excluding carboxylic acids is 3. The van der Waals surface area contributed by atoms with Gasteiger partial charge in [-0.05, 0) is 32.6 Å². The van der Waals surface area contributed by atoms with Gasteiger partial charge in [-0.2, -0.15) is 0 Å². The molecule has 3 atom stereocenters. The lowest BCUT2D eigenvalue weighted by Gasteiger charge is -2.39. The minimum absolute atomic E-state index is 0.0402. The molecule has 3 amide bonds. The fourth-order valence-electron chi connectivity index (χ4n) is 5.09. The van der Waals surface area contributed by atoms with Gasteiger partial charge in [0.05, 0.1) is 12.0 Å². The van der Waals surface area contributed by atoms with Crippen LogP contribution in [0.2, 0.25) is 0 Å². The van der Waals surface area contributed by atoms with Gasteiger partial charge >= 0.3 is 0 Å². The van der Waals surface area contributed by atoms with Gasteiger partial charge in [-0.3, -0.25) is 14.4 Å². The Morgan fingerprint density at radius 3 is 2.72 bits per heavy atom. The molecule has 4 rings (SSSR count). The molecule has 4 heterocycles. The van der Waals surface area contributed by atoms with Gasteiger partial charge in [0.2, 0.25) is 17.6 Å². The number of aryl methyl sites for hydroxylation is 1. The summed E-state index contributed by atoms with van der Waals surface area (Å²) in [6.45, 7) is 5.85. The minimum Gasteiger partial charge on any atom is -0.346 e. The van der Waals surface area contributed by atoms with Crippen molar-refractivity contribution in [3.8, 4) is 0 Å². The monoisotopic (exact) mass is 402 g/mol. The standard InChI is InChI=1S/C20H30N6O3/c1-4-15-14(19(28)23(3)5-2)10-13-11-24(12-17(27)26(13)15)20(29)18-22-21-16-8-6-7-9-25(16)18/h13-15H,4-12H2,1-3H3/t13-,14-,15-/m0/s1.